The van der Waals surface area contributed by atoms with Crippen LogP contribution in [0.3, 0.4) is 0 Å². The zero-order valence-electron chi connectivity index (χ0n) is 12.8. The molecule has 4 heteroatoms. The van der Waals surface area contributed by atoms with Gasteiger partial charge in [-0.3, -0.25) is 0 Å². The minimum atomic E-state index is 0.590. The van der Waals surface area contributed by atoms with Gasteiger partial charge < -0.3 is 14.2 Å². The summed E-state index contributed by atoms with van der Waals surface area (Å²) in [6, 6.07) is 11.8. The van der Waals surface area contributed by atoms with Gasteiger partial charge in [0.15, 0.2) is 11.5 Å². The molecular formula is C18H18O3S. The minimum Gasteiger partial charge on any atom is -0.493 e. The summed E-state index contributed by atoms with van der Waals surface area (Å²) in [5.41, 5.74) is 3.09. The van der Waals surface area contributed by atoms with Gasteiger partial charge in [0.05, 0.1) is 21.3 Å². The standard InChI is InChI=1S/C18H18O3S/c1-19-16-10-15(11-17(20-2)18(16)21-3)9-6-13-4-7-14(12-22)8-5-13/h4-12H,1-3H3/b9-6-. The molecule has 0 bridgehead atoms. The summed E-state index contributed by atoms with van der Waals surface area (Å²) in [4.78, 5) is 0. The molecule has 0 aromatic heterocycles. The van der Waals surface area contributed by atoms with Crippen molar-refractivity contribution in [3.8, 4) is 17.2 Å². The molecule has 0 aliphatic carbocycles. The van der Waals surface area contributed by atoms with E-state index in [4.69, 9.17) is 26.4 Å². The Morgan fingerprint density at radius 2 is 1.23 bits per heavy atom. The van der Waals surface area contributed by atoms with Crippen LogP contribution in [-0.2, 0) is 0 Å². The molecule has 0 N–H and O–H groups in total. The van der Waals surface area contributed by atoms with E-state index in [9.17, 15) is 0 Å². The molecule has 2 rings (SSSR count). The lowest BCUT2D eigenvalue weighted by atomic mass is 10.1. The maximum absolute atomic E-state index is 5.35. The molecule has 22 heavy (non-hydrogen) atoms. The highest BCUT2D eigenvalue weighted by Gasteiger charge is 2.11. The Hall–Kier alpha value is -2.33. The Morgan fingerprint density at radius 1 is 0.727 bits per heavy atom. The van der Waals surface area contributed by atoms with E-state index >= 15 is 0 Å². The van der Waals surface area contributed by atoms with Crippen LogP contribution in [0.2, 0.25) is 0 Å². The van der Waals surface area contributed by atoms with Crippen LogP contribution < -0.4 is 14.2 Å². The summed E-state index contributed by atoms with van der Waals surface area (Å²) >= 11 is 4.90. The molecule has 0 heterocycles. The monoisotopic (exact) mass is 314 g/mol. The SMILES string of the molecule is COc1cc(/C=C\c2ccc(C=S)cc2)cc(OC)c1OC. The average Bonchev–Trinajstić information content (AvgIpc) is 2.59. The van der Waals surface area contributed by atoms with E-state index in [0.717, 1.165) is 16.7 Å². The van der Waals surface area contributed by atoms with Crippen LogP contribution in [0.15, 0.2) is 36.4 Å². The smallest absolute Gasteiger partial charge is 0.203 e. The average molecular weight is 314 g/mol. The van der Waals surface area contributed by atoms with Crippen LogP contribution in [0.4, 0.5) is 0 Å². The molecule has 114 valence electrons. The first kappa shape index (κ1) is 16.0. The molecule has 0 aliphatic rings. The second kappa shape index (κ2) is 7.61. The number of rotatable bonds is 6. The maximum atomic E-state index is 5.35. The van der Waals surface area contributed by atoms with E-state index in [1.165, 1.54) is 0 Å². The fourth-order valence-corrected chi connectivity index (χ4v) is 2.23. The van der Waals surface area contributed by atoms with Gasteiger partial charge in [-0.25, -0.2) is 0 Å². The first-order valence-electron chi connectivity index (χ1n) is 6.75. The third-order valence-corrected chi connectivity index (χ3v) is 3.50. The van der Waals surface area contributed by atoms with Crippen molar-refractivity contribution in [2.24, 2.45) is 0 Å². The third kappa shape index (κ3) is 3.65. The number of thiocarbonyl (C=S) groups is 1. The lowest BCUT2D eigenvalue weighted by Gasteiger charge is -2.12. The van der Waals surface area contributed by atoms with Crippen molar-refractivity contribution < 1.29 is 14.2 Å². The summed E-state index contributed by atoms with van der Waals surface area (Å²) < 4.78 is 16.0. The predicted octanol–water partition coefficient (Wildman–Crippen LogP) is 4.23. The highest BCUT2D eigenvalue weighted by atomic mass is 32.1. The van der Waals surface area contributed by atoms with Crippen LogP contribution in [0.1, 0.15) is 16.7 Å². The van der Waals surface area contributed by atoms with Gasteiger partial charge in [0.25, 0.3) is 0 Å². The molecule has 2 aromatic carbocycles. The van der Waals surface area contributed by atoms with Crippen molar-refractivity contribution in [2.75, 3.05) is 21.3 Å². The number of benzene rings is 2. The van der Waals surface area contributed by atoms with Gasteiger partial charge in [0, 0.05) is 5.37 Å². The topological polar surface area (TPSA) is 27.7 Å². The molecule has 3 nitrogen and oxygen atoms in total. The van der Waals surface area contributed by atoms with E-state index in [1.807, 2.05) is 48.6 Å². The zero-order valence-corrected chi connectivity index (χ0v) is 13.6. The highest BCUT2D eigenvalue weighted by molar-refractivity contribution is 7.79. The van der Waals surface area contributed by atoms with Crippen molar-refractivity contribution in [1.29, 1.82) is 0 Å². The molecular weight excluding hydrogens is 296 g/mol. The quantitative estimate of drug-likeness (QED) is 0.589. The Morgan fingerprint density at radius 3 is 1.68 bits per heavy atom. The minimum absolute atomic E-state index is 0.590. The Bertz CT molecular complexity index is 650. The van der Waals surface area contributed by atoms with Crippen molar-refractivity contribution in [2.45, 2.75) is 0 Å². The lowest BCUT2D eigenvalue weighted by molar-refractivity contribution is 0.324. The Balaban J connectivity index is 2.31. The molecule has 0 unspecified atom stereocenters. The molecule has 0 atom stereocenters. The lowest BCUT2D eigenvalue weighted by Crippen LogP contribution is -1.95. The normalized spacial score (nSPS) is 10.5. The first-order chi connectivity index (χ1) is 10.7. The molecule has 0 aliphatic heterocycles. The van der Waals surface area contributed by atoms with Crippen molar-refractivity contribution in [3.63, 3.8) is 0 Å². The summed E-state index contributed by atoms with van der Waals surface area (Å²) in [6.45, 7) is 0. The van der Waals surface area contributed by atoms with Crippen molar-refractivity contribution >= 4 is 29.7 Å². The molecule has 0 radical (unpaired) electrons. The van der Waals surface area contributed by atoms with E-state index in [-0.39, 0.29) is 0 Å². The molecule has 0 fully saturated rings. The summed E-state index contributed by atoms with van der Waals surface area (Å²) in [5.74, 6) is 1.86. The molecule has 0 saturated heterocycles. The first-order valence-corrected chi connectivity index (χ1v) is 7.22. The van der Waals surface area contributed by atoms with Gasteiger partial charge in [-0.2, -0.15) is 0 Å². The summed E-state index contributed by atoms with van der Waals surface area (Å²) in [6.07, 6.45) is 4.02. The van der Waals surface area contributed by atoms with Gasteiger partial charge in [0.2, 0.25) is 5.75 Å². The van der Waals surface area contributed by atoms with Crippen molar-refractivity contribution in [3.05, 3.63) is 53.1 Å². The van der Waals surface area contributed by atoms with Crippen LogP contribution in [0.5, 0.6) is 17.2 Å². The maximum Gasteiger partial charge on any atom is 0.203 e. The third-order valence-electron chi connectivity index (χ3n) is 3.23. The second-order valence-electron chi connectivity index (χ2n) is 4.58. The molecule has 0 spiro atoms. The zero-order chi connectivity index (χ0) is 15.9. The predicted molar refractivity (Wildman–Crippen MR) is 94.2 cm³/mol. The molecule has 0 saturated carbocycles. The number of methoxy groups -OCH3 is 3. The molecule has 0 amide bonds. The largest absolute Gasteiger partial charge is 0.493 e. The fraction of sp³-hybridized carbons (Fsp3) is 0.167. The van der Waals surface area contributed by atoms with Crippen LogP contribution >= 0.6 is 12.2 Å². The summed E-state index contributed by atoms with van der Waals surface area (Å²) in [5, 5.41) is 1.66. The highest BCUT2D eigenvalue weighted by Crippen LogP contribution is 2.38. The van der Waals surface area contributed by atoms with Crippen molar-refractivity contribution in [1.82, 2.24) is 0 Å². The Kier molecular flexibility index (Phi) is 5.55. The number of hydrogen-bond acceptors (Lipinski definition) is 4. The van der Waals surface area contributed by atoms with Gasteiger partial charge >= 0.3 is 0 Å². The van der Waals surface area contributed by atoms with Gasteiger partial charge in [-0.1, -0.05) is 48.6 Å². The van der Waals surface area contributed by atoms with E-state index < -0.39 is 0 Å². The van der Waals surface area contributed by atoms with Gasteiger partial charge in [-0.15, -0.1) is 0 Å². The van der Waals surface area contributed by atoms with Gasteiger partial charge in [-0.05, 0) is 28.8 Å². The van der Waals surface area contributed by atoms with Crippen LogP contribution in [-0.4, -0.2) is 26.7 Å². The summed E-state index contributed by atoms with van der Waals surface area (Å²) in [7, 11) is 4.80. The number of hydrogen-bond donors (Lipinski definition) is 0. The van der Waals surface area contributed by atoms with E-state index in [2.05, 4.69) is 0 Å². The molecule has 2 aromatic rings. The van der Waals surface area contributed by atoms with Crippen LogP contribution in [0.25, 0.3) is 12.2 Å². The van der Waals surface area contributed by atoms with E-state index in [1.54, 1.807) is 26.7 Å². The van der Waals surface area contributed by atoms with Gasteiger partial charge in [0.1, 0.15) is 0 Å². The van der Waals surface area contributed by atoms with Crippen LogP contribution in [0, 0.1) is 0 Å². The second-order valence-corrected chi connectivity index (χ2v) is 4.81. The fourth-order valence-electron chi connectivity index (χ4n) is 2.08. The Labute approximate surface area is 136 Å². The number of ether oxygens (including phenoxy) is 3. The van der Waals surface area contributed by atoms with E-state index in [0.29, 0.717) is 17.2 Å².